The molecule has 1 atom stereocenters. The first-order valence-electron chi connectivity index (χ1n) is 8.13. The van der Waals surface area contributed by atoms with E-state index in [2.05, 4.69) is 20.5 Å². The van der Waals surface area contributed by atoms with E-state index in [0.717, 1.165) is 51.3 Å². The SMILES string of the molecule is O=C(NCC[C@H]1CN(Cc2ccc(Cl)nc2)CCO1)C1CNC1. The number of pyridine rings is 1. The van der Waals surface area contributed by atoms with Crippen molar-refractivity contribution in [2.45, 2.75) is 19.1 Å². The second kappa shape index (κ2) is 8.06. The minimum absolute atomic E-state index is 0.149. The highest BCUT2D eigenvalue weighted by atomic mass is 35.5. The molecule has 2 aliphatic rings. The molecular weight excluding hydrogens is 316 g/mol. The molecular formula is C16H23ClN4O2. The Bertz CT molecular complexity index is 521. The molecule has 2 N–H and O–H groups in total. The number of aromatic nitrogens is 1. The second-order valence-electron chi connectivity index (χ2n) is 6.15. The van der Waals surface area contributed by atoms with Gasteiger partial charge in [0, 0.05) is 45.5 Å². The first-order chi connectivity index (χ1) is 11.2. The molecule has 0 radical (unpaired) electrons. The van der Waals surface area contributed by atoms with E-state index in [4.69, 9.17) is 16.3 Å². The lowest BCUT2D eigenvalue weighted by atomic mass is 10.0. The lowest BCUT2D eigenvalue weighted by Gasteiger charge is -2.33. The fraction of sp³-hybridized carbons (Fsp3) is 0.625. The van der Waals surface area contributed by atoms with E-state index < -0.39 is 0 Å². The molecule has 0 bridgehead atoms. The zero-order valence-electron chi connectivity index (χ0n) is 13.1. The van der Waals surface area contributed by atoms with Crippen LogP contribution in [0.1, 0.15) is 12.0 Å². The largest absolute Gasteiger partial charge is 0.375 e. The van der Waals surface area contributed by atoms with Crippen LogP contribution in [0.25, 0.3) is 0 Å². The summed E-state index contributed by atoms with van der Waals surface area (Å²) in [5.74, 6) is 0.305. The third-order valence-corrected chi connectivity index (χ3v) is 4.56. The topological polar surface area (TPSA) is 66.5 Å². The van der Waals surface area contributed by atoms with Crippen LogP contribution in [0, 0.1) is 5.92 Å². The fourth-order valence-corrected chi connectivity index (χ4v) is 2.94. The molecule has 2 fully saturated rings. The van der Waals surface area contributed by atoms with E-state index in [1.54, 1.807) is 0 Å². The van der Waals surface area contributed by atoms with Crippen molar-refractivity contribution in [3.8, 4) is 0 Å². The van der Waals surface area contributed by atoms with Crippen molar-refractivity contribution in [3.05, 3.63) is 29.0 Å². The molecule has 7 heteroatoms. The van der Waals surface area contributed by atoms with Gasteiger partial charge in [0.25, 0.3) is 0 Å². The number of carbonyl (C=O) groups excluding carboxylic acids is 1. The molecule has 2 saturated heterocycles. The van der Waals surface area contributed by atoms with E-state index in [-0.39, 0.29) is 17.9 Å². The molecule has 0 aromatic carbocycles. The number of hydrogen-bond acceptors (Lipinski definition) is 5. The molecule has 3 heterocycles. The number of rotatable bonds is 6. The number of halogens is 1. The number of nitrogens with zero attached hydrogens (tertiary/aromatic N) is 2. The van der Waals surface area contributed by atoms with Crippen molar-refractivity contribution < 1.29 is 9.53 Å². The minimum atomic E-state index is 0.149. The maximum absolute atomic E-state index is 11.8. The molecule has 0 aliphatic carbocycles. The normalized spacial score (nSPS) is 22.6. The molecule has 1 amide bonds. The summed E-state index contributed by atoms with van der Waals surface area (Å²) < 4.78 is 5.81. The summed E-state index contributed by atoms with van der Waals surface area (Å²) in [6.07, 6.45) is 2.84. The van der Waals surface area contributed by atoms with Gasteiger partial charge >= 0.3 is 0 Å². The average Bonchev–Trinajstić information content (AvgIpc) is 2.48. The van der Waals surface area contributed by atoms with Crippen molar-refractivity contribution >= 4 is 17.5 Å². The van der Waals surface area contributed by atoms with Gasteiger partial charge in [0.2, 0.25) is 5.91 Å². The van der Waals surface area contributed by atoms with E-state index >= 15 is 0 Å². The molecule has 1 aromatic rings. The minimum Gasteiger partial charge on any atom is -0.375 e. The van der Waals surface area contributed by atoms with Gasteiger partial charge in [-0.05, 0) is 18.1 Å². The van der Waals surface area contributed by atoms with Crippen molar-refractivity contribution in [2.24, 2.45) is 5.92 Å². The summed E-state index contributed by atoms with van der Waals surface area (Å²) in [7, 11) is 0. The Morgan fingerprint density at radius 2 is 2.35 bits per heavy atom. The number of carbonyl (C=O) groups is 1. The quantitative estimate of drug-likeness (QED) is 0.746. The highest BCUT2D eigenvalue weighted by molar-refractivity contribution is 6.29. The van der Waals surface area contributed by atoms with Crippen molar-refractivity contribution in [2.75, 3.05) is 39.3 Å². The van der Waals surface area contributed by atoms with Gasteiger partial charge in [0.1, 0.15) is 5.15 Å². The first kappa shape index (κ1) is 16.6. The van der Waals surface area contributed by atoms with Crippen LogP contribution in [-0.2, 0) is 16.1 Å². The molecule has 3 rings (SSSR count). The molecule has 23 heavy (non-hydrogen) atoms. The van der Waals surface area contributed by atoms with Crippen LogP contribution in [0.2, 0.25) is 5.15 Å². The predicted molar refractivity (Wildman–Crippen MR) is 88.3 cm³/mol. The molecule has 2 aliphatic heterocycles. The summed E-state index contributed by atoms with van der Waals surface area (Å²) in [4.78, 5) is 18.3. The van der Waals surface area contributed by atoms with Gasteiger partial charge in [-0.2, -0.15) is 0 Å². The second-order valence-corrected chi connectivity index (χ2v) is 6.54. The van der Waals surface area contributed by atoms with E-state index in [1.807, 2.05) is 18.3 Å². The third-order valence-electron chi connectivity index (χ3n) is 4.34. The number of amides is 1. The lowest BCUT2D eigenvalue weighted by molar-refractivity contribution is -0.126. The Labute approximate surface area is 141 Å². The van der Waals surface area contributed by atoms with Gasteiger partial charge < -0.3 is 15.4 Å². The van der Waals surface area contributed by atoms with Crippen LogP contribution in [0.4, 0.5) is 0 Å². The molecule has 126 valence electrons. The Hall–Kier alpha value is -1.21. The highest BCUT2D eigenvalue weighted by Crippen LogP contribution is 2.13. The fourth-order valence-electron chi connectivity index (χ4n) is 2.83. The van der Waals surface area contributed by atoms with Gasteiger partial charge in [-0.15, -0.1) is 0 Å². The number of nitrogens with one attached hydrogen (secondary N) is 2. The Kier molecular flexibility index (Phi) is 5.83. The average molecular weight is 339 g/mol. The zero-order valence-corrected chi connectivity index (χ0v) is 13.9. The van der Waals surface area contributed by atoms with Gasteiger partial charge in [-0.3, -0.25) is 9.69 Å². The summed E-state index contributed by atoms with van der Waals surface area (Å²) in [5, 5.41) is 6.63. The zero-order chi connectivity index (χ0) is 16.1. The van der Waals surface area contributed by atoms with Crippen molar-refractivity contribution in [1.82, 2.24) is 20.5 Å². The Morgan fingerprint density at radius 1 is 1.48 bits per heavy atom. The standard InChI is InChI=1S/C16H23ClN4O2/c17-15-2-1-12(7-20-15)10-21-5-6-23-14(11-21)3-4-19-16(22)13-8-18-9-13/h1-2,7,13-14,18H,3-6,8-11H2,(H,19,22)/t14-/m0/s1. The highest BCUT2D eigenvalue weighted by Gasteiger charge is 2.25. The van der Waals surface area contributed by atoms with Crippen LogP contribution in [0.3, 0.4) is 0 Å². The van der Waals surface area contributed by atoms with Crippen molar-refractivity contribution in [1.29, 1.82) is 0 Å². The smallest absolute Gasteiger partial charge is 0.225 e. The summed E-state index contributed by atoms with van der Waals surface area (Å²) >= 11 is 5.81. The third kappa shape index (κ3) is 4.88. The van der Waals surface area contributed by atoms with Gasteiger partial charge in [-0.1, -0.05) is 17.7 Å². The maximum atomic E-state index is 11.8. The number of hydrogen-bond donors (Lipinski definition) is 2. The number of morpholine rings is 1. The molecule has 0 saturated carbocycles. The van der Waals surface area contributed by atoms with E-state index in [9.17, 15) is 4.79 Å². The molecule has 0 spiro atoms. The van der Waals surface area contributed by atoms with Gasteiger partial charge in [-0.25, -0.2) is 4.98 Å². The molecule has 6 nitrogen and oxygen atoms in total. The van der Waals surface area contributed by atoms with Crippen LogP contribution in [0.15, 0.2) is 18.3 Å². The van der Waals surface area contributed by atoms with Crippen LogP contribution < -0.4 is 10.6 Å². The van der Waals surface area contributed by atoms with Crippen molar-refractivity contribution in [3.63, 3.8) is 0 Å². The molecule has 0 unspecified atom stereocenters. The van der Waals surface area contributed by atoms with Gasteiger partial charge in [0.15, 0.2) is 0 Å². The predicted octanol–water partition coefficient (Wildman–Crippen LogP) is 0.662. The van der Waals surface area contributed by atoms with Crippen LogP contribution >= 0.6 is 11.6 Å². The van der Waals surface area contributed by atoms with E-state index in [1.165, 1.54) is 0 Å². The number of ether oxygens (including phenoxy) is 1. The summed E-state index contributed by atoms with van der Waals surface area (Å²) in [5.41, 5.74) is 1.15. The summed E-state index contributed by atoms with van der Waals surface area (Å²) in [6.45, 7) is 5.65. The lowest BCUT2D eigenvalue weighted by Crippen LogP contribution is -2.51. The van der Waals surface area contributed by atoms with Crippen LogP contribution in [-0.4, -0.2) is 61.2 Å². The Morgan fingerprint density at radius 3 is 3.04 bits per heavy atom. The summed E-state index contributed by atoms with van der Waals surface area (Å²) in [6, 6.07) is 3.83. The first-order valence-corrected chi connectivity index (χ1v) is 8.51. The van der Waals surface area contributed by atoms with E-state index in [0.29, 0.717) is 11.7 Å². The maximum Gasteiger partial charge on any atom is 0.225 e. The molecule has 1 aromatic heterocycles. The Balaban J connectivity index is 1.39. The monoisotopic (exact) mass is 338 g/mol. The van der Waals surface area contributed by atoms with Crippen LogP contribution in [0.5, 0.6) is 0 Å². The van der Waals surface area contributed by atoms with Gasteiger partial charge in [0.05, 0.1) is 18.6 Å².